The van der Waals surface area contributed by atoms with Gasteiger partial charge in [-0.15, -0.1) is 0 Å². The molecule has 1 aliphatic heterocycles. The summed E-state index contributed by atoms with van der Waals surface area (Å²) in [7, 11) is 0. The smallest absolute Gasteiger partial charge is 0.161 e. The van der Waals surface area contributed by atoms with Crippen molar-refractivity contribution in [3.05, 3.63) is 93.6 Å². The molecule has 33 heavy (non-hydrogen) atoms. The van der Waals surface area contributed by atoms with Crippen LogP contribution in [0.15, 0.2) is 71.2 Å². The number of fused-ring (bicyclic) bond motifs is 3. The van der Waals surface area contributed by atoms with Gasteiger partial charge in [0.1, 0.15) is 12.8 Å². The first-order chi connectivity index (χ1) is 16.0. The molecular formula is C27H26BrN3O2. The zero-order valence-corrected chi connectivity index (χ0v) is 20.5. The summed E-state index contributed by atoms with van der Waals surface area (Å²) in [4.78, 5) is 0. The van der Waals surface area contributed by atoms with Crippen LogP contribution in [-0.4, -0.2) is 16.4 Å². The van der Waals surface area contributed by atoms with Gasteiger partial charge in [0.15, 0.2) is 11.5 Å². The van der Waals surface area contributed by atoms with Gasteiger partial charge in [0.25, 0.3) is 0 Å². The molecule has 0 saturated heterocycles. The topological polar surface area (TPSA) is 48.3 Å². The molecule has 1 N–H and O–H groups in total. The Morgan fingerprint density at radius 3 is 2.58 bits per heavy atom. The van der Waals surface area contributed by atoms with Crippen molar-refractivity contribution >= 4 is 21.6 Å². The summed E-state index contributed by atoms with van der Waals surface area (Å²) in [6.45, 7) is 7.18. The van der Waals surface area contributed by atoms with Crippen LogP contribution in [0, 0.1) is 13.8 Å². The van der Waals surface area contributed by atoms with Crippen molar-refractivity contribution in [2.24, 2.45) is 0 Å². The molecule has 1 aromatic heterocycles. The number of halogens is 1. The number of aryl methyl sites for hydroxylation is 2. The fourth-order valence-corrected chi connectivity index (χ4v) is 4.50. The van der Waals surface area contributed by atoms with Gasteiger partial charge in [0, 0.05) is 21.3 Å². The third kappa shape index (κ3) is 4.23. The number of para-hydroxylation sites is 1. The minimum atomic E-state index is -0.137. The molecule has 2 heterocycles. The molecule has 0 saturated carbocycles. The van der Waals surface area contributed by atoms with Crippen molar-refractivity contribution in [2.75, 3.05) is 11.9 Å². The predicted molar refractivity (Wildman–Crippen MR) is 135 cm³/mol. The van der Waals surface area contributed by atoms with E-state index in [2.05, 4.69) is 69.3 Å². The van der Waals surface area contributed by atoms with E-state index in [-0.39, 0.29) is 6.17 Å². The van der Waals surface area contributed by atoms with Gasteiger partial charge in [0.05, 0.1) is 18.0 Å². The van der Waals surface area contributed by atoms with Crippen LogP contribution in [0.2, 0.25) is 0 Å². The van der Waals surface area contributed by atoms with Gasteiger partial charge in [-0.2, -0.15) is 5.10 Å². The first kappa shape index (κ1) is 21.6. The number of ether oxygens (including phenoxy) is 2. The van der Waals surface area contributed by atoms with Gasteiger partial charge in [0.2, 0.25) is 0 Å². The Labute approximate surface area is 202 Å². The van der Waals surface area contributed by atoms with E-state index in [1.54, 1.807) is 0 Å². The molecule has 0 amide bonds. The summed E-state index contributed by atoms with van der Waals surface area (Å²) < 4.78 is 15.2. The van der Waals surface area contributed by atoms with E-state index in [9.17, 15) is 0 Å². The molecule has 0 bridgehead atoms. The second-order valence-electron chi connectivity index (χ2n) is 8.21. The molecule has 0 aliphatic carbocycles. The Morgan fingerprint density at radius 1 is 0.970 bits per heavy atom. The van der Waals surface area contributed by atoms with Gasteiger partial charge in [-0.3, -0.25) is 0 Å². The highest BCUT2D eigenvalue weighted by Crippen LogP contribution is 2.41. The molecule has 4 aromatic rings. The molecule has 1 unspecified atom stereocenters. The van der Waals surface area contributed by atoms with E-state index >= 15 is 0 Å². The lowest BCUT2D eigenvalue weighted by molar-refractivity contribution is 0.269. The minimum Gasteiger partial charge on any atom is -0.490 e. The van der Waals surface area contributed by atoms with Crippen LogP contribution in [0.5, 0.6) is 11.5 Å². The predicted octanol–water partition coefficient (Wildman–Crippen LogP) is 6.88. The van der Waals surface area contributed by atoms with Crippen molar-refractivity contribution in [2.45, 2.75) is 33.5 Å². The Hall–Kier alpha value is -3.25. The summed E-state index contributed by atoms with van der Waals surface area (Å²) in [5.41, 5.74) is 7.79. The average molecular weight is 504 g/mol. The monoisotopic (exact) mass is 503 g/mol. The van der Waals surface area contributed by atoms with Gasteiger partial charge >= 0.3 is 0 Å². The SMILES string of the molecule is CCOc1cc(C2Nc3c(C)cccc3-c3cc(C)nn32)ccc1OCc1ccc(Br)cc1. The standard InChI is InChI=1S/C27H26BrN3O2/c1-4-32-25-15-20(10-13-24(25)33-16-19-8-11-21(28)12-9-19)27-29-26-17(2)6-5-7-22(26)23-14-18(3)30-31(23)27/h5-15,27,29H,4,16H2,1-3H3. The van der Waals surface area contributed by atoms with Crippen LogP contribution in [0.3, 0.4) is 0 Å². The Bertz CT molecular complexity index is 1300. The molecule has 5 rings (SSSR count). The molecule has 0 fully saturated rings. The second-order valence-corrected chi connectivity index (χ2v) is 9.13. The lowest BCUT2D eigenvalue weighted by Crippen LogP contribution is -2.26. The lowest BCUT2D eigenvalue weighted by Gasteiger charge is -2.30. The fraction of sp³-hybridized carbons (Fsp3) is 0.222. The van der Waals surface area contributed by atoms with Gasteiger partial charge in [-0.1, -0.05) is 52.3 Å². The van der Waals surface area contributed by atoms with E-state index in [4.69, 9.17) is 14.6 Å². The third-order valence-corrected chi connectivity index (χ3v) is 6.35. The van der Waals surface area contributed by atoms with E-state index in [1.165, 1.54) is 11.1 Å². The van der Waals surface area contributed by atoms with Gasteiger partial charge in [-0.05, 0) is 62.2 Å². The first-order valence-electron chi connectivity index (χ1n) is 11.1. The number of nitrogens with zero attached hydrogens (tertiary/aromatic N) is 2. The molecule has 3 aromatic carbocycles. The molecule has 0 spiro atoms. The molecule has 1 aliphatic rings. The quantitative estimate of drug-likeness (QED) is 0.311. The van der Waals surface area contributed by atoms with Crippen molar-refractivity contribution in [3.8, 4) is 22.8 Å². The summed E-state index contributed by atoms with van der Waals surface area (Å²) in [6, 6.07) is 22.8. The van der Waals surface area contributed by atoms with Crippen LogP contribution in [0.25, 0.3) is 11.3 Å². The fourth-order valence-electron chi connectivity index (χ4n) is 4.23. The van der Waals surface area contributed by atoms with E-state index in [1.807, 2.05) is 44.2 Å². The maximum absolute atomic E-state index is 6.12. The Kier molecular flexibility index (Phi) is 5.85. The molecule has 1 atom stereocenters. The second kappa shape index (κ2) is 8.94. The normalized spacial score (nSPS) is 14.2. The molecular weight excluding hydrogens is 478 g/mol. The molecule has 168 valence electrons. The third-order valence-electron chi connectivity index (χ3n) is 5.82. The maximum Gasteiger partial charge on any atom is 0.161 e. The zero-order valence-electron chi connectivity index (χ0n) is 18.9. The van der Waals surface area contributed by atoms with Crippen molar-refractivity contribution in [1.29, 1.82) is 0 Å². The number of benzene rings is 3. The number of nitrogens with one attached hydrogen (secondary N) is 1. The van der Waals surface area contributed by atoms with Crippen LogP contribution in [0.1, 0.15) is 35.5 Å². The van der Waals surface area contributed by atoms with E-state index < -0.39 is 0 Å². The Balaban J connectivity index is 1.48. The van der Waals surface area contributed by atoms with E-state index in [0.29, 0.717) is 13.2 Å². The van der Waals surface area contributed by atoms with Crippen molar-refractivity contribution in [3.63, 3.8) is 0 Å². The zero-order chi connectivity index (χ0) is 22.9. The number of hydrogen-bond acceptors (Lipinski definition) is 4. The number of anilines is 1. The molecule has 5 nitrogen and oxygen atoms in total. The van der Waals surface area contributed by atoms with Gasteiger partial charge < -0.3 is 14.8 Å². The molecule has 6 heteroatoms. The van der Waals surface area contributed by atoms with Crippen LogP contribution in [0.4, 0.5) is 5.69 Å². The van der Waals surface area contributed by atoms with Crippen LogP contribution in [-0.2, 0) is 6.61 Å². The summed E-state index contributed by atoms with van der Waals surface area (Å²) >= 11 is 3.47. The molecule has 0 radical (unpaired) electrons. The average Bonchev–Trinajstić information content (AvgIpc) is 3.21. The highest BCUT2D eigenvalue weighted by atomic mass is 79.9. The largest absolute Gasteiger partial charge is 0.490 e. The van der Waals surface area contributed by atoms with Crippen LogP contribution >= 0.6 is 15.9 Å². The number of rotatable bonds is 6. The lowest BCUT2D eigenvalue weighted by atomic mass is 10.0. The summed E-state index contributed by atoms with van der Waals surface area (Å²) in [6.07, 6.45) is -0.137. The van der Waals surface area contributed by atoms with E-state index in [0.717, 1.165) is 44.2 Å². The van der Waals surface area contributed by atoms with Crippen molar-refractivity contribution < 1.29 is 9.47 Å². The minimum absolute atomic E-state index is 0.137. The highest BCUT2D eigenvalue weighted by Gasteiger charge is 2.28. The highest BCUT2D eigenvalue weighted by molar-refractivity contribution is 9.10. The maximum atomic E-state index is 6.12. The summed E-state index contributed by atoms with van der Waals surface area (Å²) in [5, 5.41) is 8.50. The number of hydrogen-bond donors (Lipinski definition) is 1. The van der Waals surface area contributed by atoms with Crippen LogP contribution < -0.4 is 14.8 Å². The summed E-state index contributed by atoms with van der Waals surface area (Å²) in [5.74, 6) is 1.46. The Morgan fingerprint density at radius 2 is 1.79 bits per heavy atom. The first-order valence-corrected chi connectivity index (χ1v) is 11.9. The number of aromatic nitrogens is 2. The van der Waals surface area contributed by atoms with Gasteiger partial charge in [-0.25, -0.2) is 4.68 Å². The van der Waals surface area contributed by atoms with Crippen molar-refractivity contribution in [1.82, 2.24) is 9.78 Å².